The maximum Gasteiger partial charge on any atom is 0.326 e. The van der Waals surface area contributed by atoms with Crippen LogP contribution in [0.25, 0.3) is 0 Å². The second-order valence-corrected chi connectivity index (χ2v) is 3.28. The van der Waals surface area contributed by atoms with Gasteiger partial charge in [-0.15, -0.1) is 11.3 Å². The van der Waals surface area contributed by atoms with Crippen molar-refractivity contribution in [2.75, 3.05) is 0 Å². The van der Waals surface area contributed by atoms with Gasteiger partial charge in [-0.2, -0.15) is 0 Å². The number of aromatic nitrogens is 1. The minimum Gasteiger partial charge on any atom is -0.480 e. The molecule has 5 nitrogen and oxygen atoms in total. The van der Waals surface area contributed by atoms with Gasteiger partial charge in [0.2, 0.25) is 6.41 Å². The van der Waals surface area contributed by atoms with E-state index in [9.17, 15) is 9.59 Å². The first kappa shape index (κ1) is 9.66. The quantitative estimate of drug-likeness (QED) is 0.650. The van der Waals surface area contributed by atoms with E-state index in [0.717, 1.165) is 0 Å². The van der Waals surface area contributed by atoms with Gasteiger partial charge in [-0.3, -0.25) is 4.79 Å². The van der Waals surface area contributed by atoms with Gasteiger partial charge < -0.3 is 10.4 Å². The zero-order valence-electron chi connectivity index (χ0n) is 6.64. The molecular formula is C7H8N2O3S. The molecular weight excluding hydrogens is 192 g/mol. The lowest BCUT2D eigenvalue weighted by Gasteiger charge is -2.07. The Bertz CT molecular complexity index is 286. The predicted octanol–water partition coefficient (Wildman–Crippen LogP) is -0.115. The molecule has 1 atom stereocenters. The number of hydrogen-bond donors (Lipinski definition) is 2. The van der Waals surface area contributed by atoms with Crippen LogP contribution < -0.4 is 5.32 Å². The van der Waals surface area contributed by atoms with Gasteiger partial charge in [0.1, 0.15) is 6.04 Å². The van der Waals surface area contributed by atoms with E-state index in [1.165, 1.54) is 11.3 Å². The zero-order valence-corrected chi connectivity index (χ0v) is 7.45. The van der Waals surface area contributed by atoms with Crippen LogP contribution in [0.2, 0.25) is 0 Å². The second kappa shape index (κ2) is 4.56. The summed E-state index contributed by atoms with van der Waals surface area (Å²) in [5, 5.41) is 13.3. The molecule has 0 fully saturated rings. The first-order valence-corrected chi connectivity index (χ1v) is 4.43. The Labute approximate surface area is 78.4 Å². The molecule has 0 bridgehead atoms. The molecule has 1 heterocycles. The Morgan fingerprint density at radius 3 is 3.08 bits per heavy atom. The van der Waals surface area contributed by atoms with Crippen LogP contribution in [0.5, 0.6) is 0 Å². The zero-order chi connectivity index (χ0) is 9.68. The molecule has 2 N–H and O–H groups in total. The number of carbonyl (C=O) groups is 2. The number of hydrogen-bond acceptors (Lipinski definition) is 4. The van der Waals surface area contributed by atoms with Crippen LogP contribution in [-0.4, -0.2) is 28.5 Å². The first-order valence-electron chi connectivity index (χ1n) is 3.55. The Morgan fingerprint density at radius 1 is 1.85 bits per heavy atom. The summed E-state index contributed by atoms with van der Waals surface area (Å²) in [4.78, 5) is 24.5. The summed E-state index contributed by atoms with van der Waals surface area (Å²) in [6.45, 7) is 0. The highest BCUT2D eigenvalue weighted by atomic mass is 32.1. The summed E-state index contributed by atoms with van der Waals surface area (Å²) in [5.74, 6) is -1.05. The molecule has 0 saturated heterocycles. The standard InChI is InChI=1S/C7H8N2O3S/c10-4-9-5(7(11)12)3-6-8-1-2-13-6/h1-2,4-5H,3H2,(H,9,10)(H,11,12). The van der Waals surface area contributed by atoms with E-state index in [1.807, 2.05) is 0 Å². The van der Waals surface area contributed by atoms with E-state index in [-0.39, 0.29) is 6.42 Å². The summed E-state index contributed by atoms with van der Waals surface area (Å²) < 4.78 is 0. The van der Waals surface area contributed by atoms with Crippen molar-refractivity contribution < 1.29 is 14.7 Å². The topological polar surface area (TPSA) is 79.3 Å². The third kappa shape index (κ3) is 2.83. The lowest BCUT2D eigenvalue weighted by atomic mass is 10.2. The van der Waals surface area contributed by atoms with Crippen molar-refractivity contribution in [3.05, 3.63) is 16.6 Å². The molecule has 1 unspecified atom stereocenters. The van der Waals surface area contributed by atoms with Gasteiger partial charge in [-0.05, 0) is 0 Å². The van der Waals surface area contributed by atoms with Crippen molar-refractivity contribution in [2.24, 2.45) is 0 Å². The van der Waals surface area contributed by atoms with Crippen molar-refractivity contribution in [1.82, 2.24) is 10.3 Å². The number of nitrogens with one attached hydrogen (secondary N) is 1. The SMILES string of the molecule is O=CNC(Cc1nccs1)C(=O)O. The summed E-state index contributed by atoms with van der Waals surface area (Å²) in [7, 11) is 0. The molecule has 0 spiro atoms. The number of amides is 1. The third-order valence-electron chi connectivity index (χ3n) is 1.43. The van der Waals surface area contributed by atoms with Crippen molar-refractivity contribution >= 4 is 23.7 Å². The molecule has 1 rings (SSSR count). The second-order valence-electron chi connectivity index (χ2n) is 2.31. The predicted molar refractivity (Wildman–Crippen MR) is 46.4 cm³/mol. The van der Waals surface area contributed by atoms with Crippen molar-refractivity contribution in [1.29, 1.82) is 0 Å². The van der Waals surface area contributed by atoms with E-state index in [2.05, 4.69) is 10.3 Å². The molecule has 13 heavy (non-hydrogen) atoms. The fraction of sp³-hybridized carbons (Fsp3) is 0.286. The van der Waals surface area contributed by atoms with Gasteiger partial charge >= 0.3 is 5.97 Å². The normalized spacial score (nSPS) is 12.0. The molecule has 70 valence electrons. The minimum absolute atomic E-state index is 0.228. The number of rotatable bonds is 5. The number of nitrogens with zero attached hydrogens (tertiary/aromatic N) is 1. The lowest BCUT2D eigenvalue weighted by molar-refractivity contribution is -0.140. The van der Waals surface area contributed by atoms with Gasteiger partial charge in [0, 0.05) is 18.0 Å². The smallest absolute Gasteiger partial charge is 0.326 e. The minimum atomic E-state index is -1.05. The molecule has 1 aromatic rings. The first-order chi connectivity index (χ1) is 6.24. The molecule has 0 aliphatic rings. The Balaban J connectivity index is 2.57. The molecule has 0 aromatic carbocycles. The van der Waals surface area contributed by atoms with Gasteiger partial charge in [0.05, 0.1) is 5.01 Å². The highest BCUT2D eigenvalue weighted by molar-refractivity contribution is 7.09. The van der Waals surface area contributed by atoms with Crippen LogP contribution in [0.1, 0.15) is 5.01 Å². The number of carboxylic acid groups (broad SMARTS) is 1. The summed E-state index contributed by atoms with van der Waals surface area (Å²) in [5.41, 5.74) is 0. The third-order valence-corrected chi connectivity index (χ3v) is 2.23. The highest BCUT2D eigenvalue weighted by Gasteiger charge is 2.17. The molecule has 0 aliphatic carbocycles. The van der Waals surface area contributed by atoms with Crippen LogP contribution in [0.3, 0.4) is 0 Å². The fourth-order valence-electron chi connectivity index (χ4n) is 0.828. The molecule has 0 radical (unpaired) electrons. The maximum absolute atomic E-state index is 10.6. The number of carbonyl (C=O) groups excluding carboxylic acids is 1. The van der Waals surface area contributed by atoms with E-state index in [4.69, 9.17) is 5.11 Å². The summed E-state index contributed by atoms with van der Waals surface area (Å²) in [6.07, 6.45) is 2.21. The highest BCUT2D eigenvalue weighted by Crippen LogP contribution is 2.06. The van der Waals surface area contributed by atoms with E-state index >= 15 is 0 Å². The van der Waals surface area contributed by atoms with Gasteiger partial charge in [-0.1, -0.05) is 0 Å². The van der Waals surface area contributed by atoms with E-state index in [0.29, 0.717) is 11.4 Å². The largest absolute Gasteiger partial charge is 0.480 e. The van der Waals surface area contributed by atoms with Crippen LogP contribution in [-0.2, 0) is 16.0 Å². The van der Waals surface area contributed by atoms with Gasteiger partial charge in [-0.25, -0.2) is 9.78 Å². The van der Waals surface area contributed by atoms with Crippen LogP contribution in [0, 0.1) is 0 Å². The van der Waals surface area contributed by atoms with Crippen LogP contribution >= 0.6 is 11.3 Å². The van der Waals surface area contributed by atoms with Crippen LogP contribution in [0.15, 0.2) is 11.6 Å². The van der Waals surface area contributed by atoms with E-state index < -0.39 is 12.0 Å². The lowest BCUT2D eigenvalue weighted by Crippen LogP contribution is -2.37. The summed E-state index contributed by atoms with van der Waals surface area (Å²) >= 11 is 1.36. The maximum atomic E-state index is 10.6. The van der Waals surface area contributed by atoms with Crippen molar-refractivity contribution in [2.45, 2.75) is 12.5 Å². The fourth-order valence-corrected chi connectivity index (χ4v) is 1.49. The molecule has 6 heteroatoms. The van der Waals surface area contributed by atoms with Crippen LogP contribution in [0.4, 0.5) is 0 Å². The monoisotopic (exact) mass is 200 g/mol. The Hall–Kier alpha value is -1.43. The number of carboxylic acids is 1. The Morgan fingerprint density at radius 2 is 2.62 bits per heavy atom. The average molecular weight is 200 g/mol. The average Bonchev–Trinajstić information content (AvgIpc) is 2.56. The van der Waals surface area contributed by atoms with E-state index in [1.54, 1.807) is 11.6 Å². The van der Waals surface area contributed by atoms with Gasteiger partial charge in [0.25, 0.3) is 0 Å². The molecule has 1 amide bonds. The number of thiazole rings is 1. The Kier molecular flexibility index (Phi) is 3.39. The molecule has 0 aliphatic heterocycles. The molecule has 0 saturated carbocycles. The number of aliphatic carboxylic acids is 1. The summed E-state index contributed by atoms with van der Waals surface area (Å²) in [6, 6.07) is -0.886. The van der Waals surface area contributed by atoms with Crippen molar-refractivity contribution in [3.8, 4) is 0 Å². The van der Waals surface area contributed by atoms with Crippen molar-refractivity contribution in [3.63, 3.8) is 0 Å². The van der Waals surface area contributed by atoms with Gasteiger partial charge in [0.15, 0.2) is 0 Å². The molecule has 1 aromatic heterocycles.